The van der Waals surface area contributed by atoms with Crippen molar-refractivity contribution in [3.8, 4) is 11.5 Å². The van der Waals surface area contributed by atoms with E-state index in [1.807, 2.05) is 59.5 Å². The quantitative estimate of drug-likeness (QED) is 0.810. The predicted octanol–water partition coefficient (Wildman–Crippen LogP) is 3.06. The number of carbonyl (C=O) groups is 1. The molecular formula is C20H23NO4. The lowest BCUT2D eigenvalue weighted by Gasteiger charge is -2.36. The van der Waals surface area contributed by atoms with Crippen LogP contribution in [0.1, 0.15) is 18.0 Å². The van der Waals surface area contributed by atoms with Crippen LogP contribution in [0.4, 0.5) is 0 Å². The van der Waals surface area contributed by atoms with Gasteiger partial charge in [-0.05, 0) is 17.7 Å². The molecule has 1 aliphatic rings. The summed E-state index contributed by atoms with van der Waals surface area (Å²) in [5.41, 5.74) is 1.10. The van der Waals surface area contributed by atoms with Crippen molar-refractivity contribution in [1.82, 2.24) is 4.90 Å². The lowest BCUT2D eigenvalue weighted by molar-refractivity contribution is -0.140. The van der Waals surface area contributed by atoms with Crippen LogP contribution in [0.5, 0.6) is 11.5 Å². The molecule has 132 valence electrons. The molecule has 1 atom stereocenters. The maximum absolute atomic E-state index is 12.7. The number of benzene rings is 2. The molecule has 25 heavy (non-hydrogen) atoms. The van der Waals surface area contributed by atoms with Crippen molar-refractivity contribution in [2.24, 2.45) is 0 Å². The van der Waals surface area contributed by atoms with Crippen LogP contribution >= 0.6 is 0 Å². The monoisotopic (exact) mass is 341 g/mol. The fourth-order valence-electron chi connectivity index (χ4n) is 2.98. The van der Waals surface area contributed by atoms with E-state index in [-0.39, 0.29) is 11.9 Å². The lowest BCUT2D eigenvalue weighted by Crippen LogP contribution is -2.43. The van der Waals surface area contributed by atoms with Gasteiger partial charge >= 0.3 is 0 Å². The molecular weight excluding hydrogens is 318 g/mol. The maximum Gasteiger partial charge on any atom is 0.226 e. The number of rotatable bonds is 6. The summed E-state index contributed by atoms with van der Waals surface area (Å²) in [6.45, 7) is 2.02. The summed E-state index contributed by atoms with van der Waals surface area (Å²) in [6.07, 6.45) is 0.321. The molecule has 1 fully saturated rings. The number of hydrogen-bond donors (Lipinski definition) is 0. The van der Waals surface area contributed by atoms with E-state index in [2.05, 4.69) is 0 Å². The number of ether oxygens (including phenoxy) is 3. The Hall–Kier alpha value is -2.53. The van der Waals surface area contributed by atoms with Gasteiger partial charge in [-0.2, -0.15) is 0 Å². The summed E-state index contributed by atoms with van der Waals surface area (Å²) in [4.78, 5) is 14.6. The van der Waals surface area contributed by atoms with E-state index in [1.54, 1.807) is 7.11 Å². The van der Waals surface area contributed by atoms with E-state index >= 15 is 0 Å². The van der Waals surface area contributed by atoms with Crippen molar-refractivity contribution < 1.29 is 19.0 Å². The number of morpholine rings is 1. The Morgan fingerprint density at radius 1 is 1.12 bits per heavy atom. The van der Waals surface area contributed by atoms with Crippen LogP contribution in [-0.4, -0.2) is 44.3 Å². The summed E-state index contributed by atoms with van der Waals surface area (Å²) in [6, 6.07) is 17.4. The first kappa shape index (κ1) is 17.3. The first-order valence-corrected chi connectivity index (χ1v) is 8.47. The first-order chi connectivity index (χ1) is 12.3. The van der Waals surface area contributed by atoms with Crippen LogP contribution in [0.25, 0.3) is 0 Å². The second kappa shape index (κ2) is 8.53. The molecule has 5 heteroatoms. The topological polar surface area (TPSA) is 48.0 Å². The van der Waals surface area contributed by atoms with E-state index in [0.29, 0.717) is 44.3 Å². The average Bonchev–Trinajstić information content (AvgIpc) is 2.69. The summed E-state index contributed by atoms with van der Waals surface area (Å²) in [7, 11) is 1.60. The lowest BCUT2D eigenvalue weighted by atomic mass is 10.0. The molecule has 0 unspecified atom stereocenters. The Labute approximate surface area is 148 Å². The number of nitrogens with zero attached hydrogens (tertiary/aromatic N) is 1. The molecule has 1 heterocycles. The summed E-state index contributed by atoms with van der Waals surface area (Å²) < 4.78 is 16.6. The van der Waals surface area contributed by atoms with Crippen molar-refractivity contribution in [3.05, 3.63) is 60.2 Å². The molecule has 0 spiro atoms. The minimum absolute atomic E-state index is 0.0336. The highest BCUT2D eigenvalue weighted by molar-refractivity contribution is 5.77. The Kier molecular flexibility index (Phi) is 5.90. The Balaban J connectivity index is 1.59. The summed E-state index contributed by atoms with van der Waals surface area (Å²) in [5.74, 6) is 1.40. The van der Waals surface area contributed by atoms with Gasteiger partial charge < -0.3 is 19.1 Å². The van der Waals surface area contributed by atoms with Crippen LogP contribution in [-0.2, 0) is 9.53 Å². The molecule has 2 aromatic rings. The largest absolute Gasteiger partial charge is 0.493 e. The number of carbonyl (C=O) groups excluding carboxylic acids is 1. The fourth-order valence-corrected chi connectivity index (χ4v) is 2.98. The van der Waals surface area contributed by atoms with E-state index < -0.39 is 0 Å². The zero-order chi connectivity index (χ0) is 17.5. The molecule has 0 N–H and O–H groups in total. The minimum atomic E-state index is -0.0336. The second-order valence-corrected chi connectivity index (χ2v) is 5.84. The maximum atomic E-state index is 12.7. The van der Waals surface area contributed by atoms with E-state index in [9.17, 15) is 4.79 Å². The number of para-hydroxylation sites is 2. The number of amides is 1. The van der Waals surface area contributed by atoms with Gasteiger partial charge in [-0.3, -0.25) is 4.79 Å². The van der Waals surface area contributed by atoms with E-state index in [4.69, 9.17) is 14.2 Å². The molecule has 0 radical (unpaired) electrons. The number of hydrogen-bond acceptors (Lipinski definition) is 4. The van der Waals surface area contributed by atoms with Gasteiger partial charge in [-0.25, -0.2) is 0 Å². The Morgan fingerprint density at radius 3 is 2.60 bits per heavy atom. The van der Waals surface area contributed by atoms with Crippen molar-refractivity contribution in [2.45, 2.75) is 12.5 Å². The van der Waals surface area contributed by atoms with Crippen LogP contribution in [0, 0.1) is 0 Å². The summed E-state index contributed by atoms with van der Waals surface area (Å²) >= 11 is 0. The van der Waals surface area contributed by atoms with Gasteiger partial charge in [0.25, 0.3) is 0 Å². The molecule has 1 amide bonds. The molecule has 1 aliphatic heterocycles. The molecule has 0 bridgehead atoms. The molecule has 1 saturated heterocycles. The second-order valence-electron chi connectivity index (χ2n) is 5.84. The molecule has 3 rings (SSSR count). The van der Waals surface area contributed by atoms with E-state index in [1.165, 1.54) is 0 Å². The number of methoxy groups -OCH3 is 1. The normalized spacial score (nSPS) is 17.2. The summed E-state index contributed by atoms with van der Waals surface area (Å²) in [5, 5.41) is 0. The highest BCUT2D eigenvalue weighted by atomic mass is 16.5. The fraction of sp³-hybridized carbons (Fsp3) is 0.350. The van der Waals surface area contributed by atoms with Crippen molar-refractivity contribution in [1.29, 1.82) is 0 Å². The van der Waals surface area contributed by atoms with Gasteiger partial charge in [0.2, 0.25) is 5.91 Å². The highest BCUT2D eigenvalue weighted by Crippen LogP contribution is 2.27. The van der Waals surface area contributed by atoms with Crippen LogP contribution in [0.2, 0.25) is 0 Å². The smallest absolute Gasteiger partial charge is 0.226 e. The Bertz CT molecular complexity index is 689. The van der Waals surface area contributed by atoms with Gasteiger partial charge in [-0.15, -0.1) is 0 Å². The van der Waals surface area contributed by atoms with Crippen molar-refractivity contribution in [2.75, 3.05) is 33.5 Å². The molecule has 5 nitrogen and oxygen atoms in total. The van der Waals surface area contributed by atoms with Crippen LogP contribution < -0.4 is 9.47 Å². The highest BCUT2D eigenvalue weighted by Gasteiger charge is 2.28. The Morgan fingerprint density at radius 2 is 1.84 bits per heavy atom. The third-order valence-corrected chi connectivity index (χ3v) is 4.28. The molecule has 0 saturated carbocycles. The predicted molar refractivity (Wildman–Crippen MR) is 94.8 cm³/mol. The molecule has 0 aliphatic carbocycles. The van der Waals surface area contributed by atoms with Crippen LogP contribution in [0.15, 0.2) is 54.6 Å². The zero-order valence-electron chi connectivity index (χ0n) is 14.4. The molecule has 2 aromatic carbocycles. The van der Waals surface area contributed by atoms with Crippen LogP contribution in [0.3, 0.4) is 0 Å². The van der Waals surface area contributed by atoms with Gasteiger partial charge in [0.1, 0.15) is 0 Å². The minimum Gasteiger partial charge on any atom is -0.493 e. The third kappa shape index (κ3) is 4.31. The molecule has 0 aromatic heterocycles. The van der Waals surface area contributed by atoms with Gasteiger partial charge in [0.15, 0.2) is 11.5 Å². The van der Waals surface area contributed by atoms with Gasteiger partial charge in [0.05, 0.1) is 39.4 Å². The standard InChI is InChI=1S/C20H23NO4/c1-23-18-9-5-6-10-19(18)25-13-11-20(22)21-12-14-24-15-17(21)16-7-3-2-4-8-16/h2-10,17H,11-15H2,1H3/t17-/m1/s1. The zero-order valence-corrected chi connectivity index (χ0v) is 14.4. The van der Waals surface area contributed by atoms with E-state index in [0.717, 1.165) is 5.56 Å². The SMILES string of the molecule is COc1ccccc1OCCC(=O)N1CCOC[C@@H]1c1ccccc1. The van der Waals surface area contributed by atoms with Crippen molar-refractivity contribution >= 4 is 5.91 Å². The van der Waals surface area contributed by atoms with Gasteiger partial charge in [-0.1, -0.05) is 42.5 Å². The van der Waals surface area contributed by atoms with Crippen molar-refractivity contribution in [3.63, 3.8) is 0 Å². The third-order valence-electron chi connectivity index (χ3n) is 4.28. The first-order valence-electron chi connectivity index (χ1n) is 8.47. The van der Waals surface area contributed by atoms with Gasteiger partial charge in [0, 0.05) is 6.54 Å². The average molecular weight is 341 g/mol.